The van der Waals surface area contributed by atoms with E-state index in [-0.39, 0.29) is 24.8 Å². The normalized spacial score (nSPS) is 10.5. The standard InChI is InChI=1S/C31H29ClN4O5/c1-33-28-13-7-23(18-35-28)31(40)36-19-24-16-21(17-29(37)38)4-12-27(24)41-26-10-5-22(6-11-26)30(39)34-15-14-20-2-8-25(32)9-3-20/h2-13,16,18H,14-15,17,19H2,1H3,(H,33,35)(H,34,39)(H,36,40)(H,37,38). The molecule has 0 fully saturated rings. The summed E-state index contributed by atoms with van der Waals surface area (Å²) in [4.78, 5) is 40.6. The quantitative estimate of drug-likeness (QED) is 0.186. The van der Waals surface area contributed by atoms with Crippen molar-refractivity contribution in [2.45, 2.75) is 19.4 Å². The van der Waals surface area contributed by atoms with Crippen molar-refractivity contribution in [2.75, 3.05) is 18.9 Å². The lowest BCUT2D eigenvalue weighted by Gasteiger charge is -2.14. The number of nitrogens with zero attached hydrogens (tertiary/aromatic N) is 1. The first-order valence-electron chi connectivity index (χ1n) is 12.9. The third kappa shape index (κ3) is 8.55. The van der Waals surface area contributed by atoms with E-state index in [1.165, 1.54) is 6.20 Å². The van der Waals surface area contributed by atoms with Crippen LogP contribution in [0.1, 0.15) is 37.4 Å². The molecule has 9 nitrogen and oxygen atoms in total. The SMILES string of the molecule is CNc1ccc(C(=O)NCc2cc(CC(=O)O)ccc2Oc2ccc(C(=O)NCCc3ccc(Cl)cc3)cc2)cn1. The van der Waals surface area contributed by atoms with Crippen LogP contribution in [-0.2, 0) is 24.2 Å². The number of carboxylic acids is 1. The van der Waals surface area contributed by atoms with E-state index in [9.17, 15) is 19.5 Å². The number of aromatic nitrogens is 1. The topological polar surface area (TPSA) is 130 Å². The summed E-state index contributed by atoms with van der Waals surface area (Å²) >= 11 is 5.91. The Bertz CT molecular complexity index is 1510. The first-order valence-corrected chi connectivity index (χ1v) is 13.2. The summed E-state index contributed by atoms with van der Waals surface area (Å²) in [6.45, 7) is 0.579. The number of carbonyl (C=O) groups is 3. The molecule has 1 heterocycles. The van der Waals surface area contributed by atoms with Gasteiger partial charge in [-0.25, -0.2) is 4.98 Å². The van der Waals surface area contributed by atoms with Crippen molar-refractivity contribution in [2.24, 2.45) is 0 Å². The number of nitrogens with one attached hydrogen (secondary N) is 3. The molecule has 0 radical (unpaired) electrons. The van der Waals surface area contributed by atoms with E-state index in [0.717, 1.165) is 5.56 Å². The van der Waals surface area contributed by atoms with Gasteiger partial charge in [0.15, 0.2) is 0 Å². The molecule has 1 aromatic heterocycles. The predicted molar refractivity (Wildman–Crippen MR) is 157 cm³/mol. The van der Waals surface area contributed by atoms with Gasteiger partial charge in [-0.15, -0.1) is 0 Å². The van der Waals surface area contributed by atoms with Gasteiger partial charge in [0.05, 0.1) is 12.0 Å². The Kier molecular flexibility index (Phi) is 9.90. The van der Waals surface area contributed by atoms with Gasteiger partial charge in [-0.2, -0.15) is 0 Å². The molecule has 0 aliphatic heterocycles. The third-order valence-corrected chi connectivity index (χ3v) is 6.41. The van der Waals surface area contributed by atoms with Gasteiger partial charge in [0.25, 0.3) is 11.8 Å². The van der Waals surface area contributed by atoms with Crippen molar-refractivity contribution in [3.05, 3.63) is 118 Å². The minimum absolute atomic E-state index is 0.101. The van der Waals surface area contributed by atoms with Gasteiger partial charge in [0, 0.05) is 42.5 Å². The monoisotopic (exact) mass is 572 g/mol. The highest BCUT2D eigenvalue weighted by Gasteiger charge is 2.13. The zero-order valence-electron chi connectivity index (χ0n) is 22.3. The minimum atomic E-state index is -0.966. The molecule has 10 heteroatoms. The van der Waals surface area contributed by atoms with Crippen LogP contribution in [0.25, 0.3) is 0 Å². The van der Waals surface area contributed by atoms with Crippen LogP contribution in [0, 0.1) is 0 Å². The summed E-state index contributed by atoms with van der Waals surface area (Å²) in [5.74, 6) is 0.0631. The number of rotatable bonds is 12. The summed E-state index contributed by atoms with van der Waals surface area (Å²) < 4.78 is 6.06. The first-order chi connectivity index (χ1) is 19.8. The fourth-order valence-electron chi connectivity index (χ4n) is 3.98. The van der Waals surface area contributed by atoms with Crippen molar-refractivity contribution < 1.29 is 24.2 Å². The predicted octanol–water partition coefficient (Wildman–Crippen LogP) is 5.10. The van der Waals surface area contributed by atoms with Crippen molar-refractivity contribution in [1.29, 1.82) is 0 Å². The van der Waals surface area contributed by atoms with Gasteiger partial charge in [0.1, 0.15) is 17.3 Å². The third-order valence-electron chi connectivity index (χ3n) is 6.16. The summed E-state index contributed by atoms with van der Waals surface area (Å²) in [7, 11) is 1.74. The Balaban J connectivity index is 1.40. The van der Waals surface area contributed by atoms with Crippen LogP contribution in [0.2, 0.25) is 5.02 Å². The molecule has 2 amide bonds. The van der Waals surface area contributed by atoms with Gasteiger partial charge in [-0.1, -0.05) is 29.8 Å². The van der Waals surface area contributed by atoms with Crippen LogP contribution in [0.4, 0.5) is 5.82 Å². The highest BCUT2D eigenvalue weighted by Crippen LogP contribution is 2.27. The number of anilines is 1. The smallest absolute Gasteiger partial charge is 0.307 e. The molecule has 0 aliphatic rings. The Morgan fingerprint density at radius 1 is 0.854 bits per heavy atom. The van der Waals surface area contributed by atoms with Gasteiger partial charge in [-0.05, 0) is 78.2 Å². The number of benzene rings is 3. The average Bonchev–Trinajstić information content (AvgIpc) is 2.98. The zero-order chi connectivity index (χ0) is 29.2. The molecule has 210 valence electrons. The fourth-order valence-corrected chi connectivity index (χ4v) is 4.11. The highest BCUT2D eigenvalue weighted by molar-refractivity contribution is 6.30. The van der Waals surface area contributed by atoms with E-state index < -0.39 is 5.97 Å². The molecule has 3 aromatic carbocycles. The van der Waals surface area contributed by atoms with Crippen LogP contribution in [0.15, 0.2) is 85.1 Å². The van der Waals surface area contributed by atoms with Gasteiger partial charge in [0.2, 0.25) is 0 Å². The number of ether oxygens (including phenoxy) is 1. The van der Waals surface area contributed by atoms with Gasteiger partial charge < -0.3 is 25.8 Å². The molecule has 0 atom stereocenters. The van der Waals surface area contributed by atoms with E-state index in [1.54, 1.807) is 61.6 Å². The lowest BCUT2D eigenvalue weighted by atomic mass is 10.1. The molecular formula is C31H29ClN4O5. The maximum atomic E-state index is 12.7. The molecule has 0 bridgehead atoms. The van der Waals surface area contributed by atoms with E-state index in [2.05, 4.69) is 20.9 Å². The zero-order valence-corrected chi connectivity index (χ0v) is 23.1. The molecule has 4 rings (SSSR count). The van der Waals surface area contributed by atoms with Crippen LogP contribution in [0.3, 0.4) is 0 Å². The van der Waals surface area contributed by atoms with Crippen LogP contribution in [-0.4, -0.2) is 41.5 Å². The number of hydrogen-bond acceptors (Lipinski definition) is 6. The van der Waals surface area contributed by atoms with Crippen molar-refractivity contribution >= 4 is 35.2 Å². The summed E-state index contributed by atoms with van der Waals surface area (Å²) in [6, 6.07) is 22.5. The molecule has 0 saturated carbocycles. The number of pyridine rings is 1. The molecule has 4 N–H and O–H groups in total. The largest absolute Gasteiger partial charge is 0.481 e. The first kappa shape index (κ1) is 29.1. The van der Waals surface area contributed by atoms with E-state index >= 15 is 0 Å². The maximum absolute atomic E-state index is 12.7. The van der Waals surface area contributed by atoms with Crippen molar-refractivity contribution in [3.63, 3.8) is 0 Å². The van der Waals surface area contributed by atoms with E-state index in [4.69, 9.17) is 16.3 Å². The van der Waals surface area contributed by atoms with Crippen molar-refractivity contribution in [1.82, 2.24) is 15.6 Å². The summed E-state index contributed by atoms with van der Waals surface area (Å²) in [6.07, 6.45) is 1.98. The van der Waals surface area contributed by atoms with Gasteiger partial charge in [-0.3, -0.25) is 14.4 Å². The molecule has 0 aliphatic carbocycles. The molecule has 41 heavy (non-hydrogen) atoms. The lowest BCUT2D eigenvalue weighted by Crippen LogP contribution is -2.25. The molecule has 0 unspecified atom stereocenters. The Morgan fingerprint density at radius 3 is 2.20 bits per heavy atom. The van der Waals surface area contributed by atoms with Crippen LogP contribution < -0.4 is 20.7 Å². The van der Waals surface area contributed by atoms with Crippen LogP contribution >= 0.6 is 11.6 Å². The lowest BCUT2D eigenvalue weighted by molar-refractivity contribution is -0.136. The molecule has 0 spiro atoms. The second-order valence-electron chi connectivity index (χ2n) is 9.14. The fraction of sp³-hybridized carbons (Fsp3) is 0.161. The van der Waals surface area contributed by atoms with E-state index in [0.29, 0.717) is 57.6 Å². The number of carbonyl (C=O) groups excluding carboxylic acids is 2. The van der Waals surface area contributed by atoms with Gasteiger partial charge >= 0.3 is 5.97 Å². The second kappa shape index (κ2) is 14.0. The Morgan fingerprint density at radius 2 is 1.54 bits per heavy atom. The number of halogens is 1. The minimum Gasteiger partial charge on any atom is -0.481 e. The average molecular weight is 573 g/mol. The second-order valence-corrected chi connectivity index (χ2v) is 9.57. The molecule has 0 saturated heterocycles. The summed E-state index contributed by atoms with van der Waals surface area (Å²) in [5, 5.41) is 18.5. The number of hydrogen-bond donors (Lipinski definition) is 4. The van der Waals surface area contributed by atoms with E-state index in [1.807, 2.05) is 24.3 Å². The molecule has 4 aromatic rings. The van der Waals surface area contributed by atoms with Crippen molar-refractivity contribution in [3.8, 4) is 11.5 Å². The Hall–Kier alpha value is -4.89. The Labute approximate surface area is 242 Å². The highest BCUT2D eigenvalue weighted by atomic mass is 35.5. The summed E-state index contributed by atoms with van der Waals surface area (Å²) in [5.41, 5.74) is 3.11. The number of carboxylic acid groups (broad SMARTS) is 1. The maximum Gasteiger partial charge on any atom is 0.307 e. The van der Waals surface area contributed by atoms with Crippen LogP contribution in [0.5, 0.6) is 11.5 Å². The molecular weight excluding hydrogens is 544 g/mol. The number of aliphatic carboxylic acids is 1. The number of amides is 2.